The highest BCUT2D eigenvalue weighted by atomic mass is 32.2. The van der Waals surface area contributed by atoms with Crippen molar-refractivity contribution in [1.29, 1.82) is 0 Å². The van der Waals surface area contributed by atoms with Crippen LogP contribution < -0.4 is 5.32 Å². The van der Waals surface area contributed by atoms with Gasteiger partial charge >= 0.3 is 11.9 Å². The molecule has 140 valence electrons. The maximum absolute atomic E-state index is 12.3. The van der Waals surface area contributed by atoms with Crippen LogP contribution in [0.2, 0.25) is 0 Å². The highest BCUT2D eigenvalue weighted by Crippen LogP contribution is 2.31. The summed E-state index contributed by atoms with van der Waals surface area (Å²) in [4.78, 5) is 35.6. The summed E-state index contributed by atoms with van der Waals surface area (Å²) in [5.41, 5.74) is 1.32. The van der Waals surface area contributed by atoms with Gasteiger partial charge in [-0.2, -0.15) is 0 Å². The van der Waals surface area contributed by atoms with E-state index in [0.717, 1.165) is 12.0 Å². The molecule has 0 radical (unpaired) electrons. The highest BCUT2D eigenvalue weighted by Gasteiger charge is 2.22. The lowest BCUT2D eigenvalue weighted by Crippen LogP contribution is -2.18. The molecule has 0 atom stereocenters. The second-order valence-corrected chi connectivity index (χ2v) is 7.49. The molecule has 1 aromatic rings. The van der Waals surface area contributed by atoms with Gasteiger partial charge in [-0.05, 0) is 37.1 Å². The number of esters is 2. The molecule has 0 aliphatic rings. The molecule has 1 N–H and O–H groups in total. The van der Waals surface area contributed by atoms with Gasteiger partial charge in [-0.15, -0.1) is 23.1 Å². The SMILES string of the molecule is CCOC(=O)CSCC(=O)Nc1scc(CC(C)C)c1C(=O)OCC. The van der Waals surface area contributed by atoms with Crippen LogP contribution >= 0.6 is 23.1 Å². The van der Waals surface area contributed by atoms with E-state index in [1.54, 1.807) is 13.8 Å². The minimum absolute atomic E-state index is 0.110. The van der Waals surface area contributed by atoms with Crippen LogP contribution in [-0.4, -0.2) is 42.6 Å². The topological polar surface area (TPSA) is 81.7 Å². The largest absolute Gasteiger partial charge is 0.465 e. The van der Waals surface area contributed by atoms with Gasteiger partial charge in [0.25, 0.3) is 0 Å². The summed E-state index contributed by atoms with van der Waals surface area (Å²) in [6.07, 6.45) is 0.734. The van der Waals surface area contributed by atoms with Gasteiger partial charge in [0.1, 0.15) is 5.00 Å². The molecule has 0 aromatic carbocycles. The van der Waals surface area contributed by atoms with Crippen LogP contribution in [0.1, 0.15) is 43.6 Å². The van der Waals surface area contributed by atoms with Crippen molar-refractivity contribution in [2.45, 2.75) is 34.1 Å². The van der Waals surface area contributed by atoms with Crippen LogP contribution in [0.4, 0.5) is 5.00 Å². The lowest BCUT2D eigenvalue weighted by molar-refractivity contribution is -0.139. The Morgan fingerprint density at radius 2 is 1.84 bits per heavy atom. The predicted molar refractivity (Wildman–Crippen MR) is 101 cm³/mol. The summed E-state index contributed by atoms with van der Waals surface area (Å²) >= 11 is 2.49. The minimum atomic E-state index is -0.422. The van der Waals surface area contributed by atoms with E-state index in [4.69, 9.17) is 9.47 Å². The van der Waals surface area contributed by atoms with Gasteiger partial charge in [0.15, 0.2) is 0 Å². The number of carbonyl (C=O) groups excluding carboxylic acids is 3. The maximum Gasteiger partial charge on any atom is 0.341 e. The molecule has 1 heterocycles. The first-order valence-corrected chi connectivity index (χ1v) is 10.2. The minimum Gasteiger partial charge on any atom is -0.465 e. The fourth-order valence-electron chi connectivity index (χ4n) is 2.10. The molecule has 0 fully saturated rings. The third-order valence-electron chi connectivity index (χ3n) is 2.99. The van der Waals surface area contributed by atoms with Crippen LogP contribution in [0.5, 0.6) is 0 Å². The molecule has 0 saturated heterocycles. The number of amides is 1. The smallest absolute Gasteiger partial charge is 0.341 e. The summed E-state index contributed by atoms with van der Waals surface area (Å²) in [7, 11) is 0. The lowest BCUT2D eigenvalue weighted by atomic mass is 10.0. The first-order valence-electron chi connectivity index (χ1n) is 8.19. The average Bonchev–Trinajstić information content (AvgIpc) is 2.89. The number of rotatable bonds is 10. The predicted octanol–water partition coefficient (Wildman–Crippen LogP) is 3.36. The molecule has 1 aromatic heterocycles. The van der Waals surface area contributed by atoms with Crippen molar-refractivity contribution < 1.29 is 23.9 Å². The monoisotopic (exact) mass is 387 g/mol. The number of ether oxygens (including phenoxy) is 2. The summed E-state index contributed by atoms with van der Waals surface area (Å²) in [6, 6.07) is 0. The van der Waals surface area contributed by atoms with E-state index >= 15 is 0 Å². The summed E-state index contributed by atoms with van der Waals surface area (Å²) in [5, 5.41) is 5.13. The van der Waals surface area contributed by atoms with Gasteiger partial charge in [-0.1, -0.05) is 13.8 Å². The maximum atomic E-state index is 12.3. The molecule has 6 nitrogen and oxygen atoms in total. The first kappa shape index (κ1) is 21.5. The van der Waals surface area contributed by atoms with E-state index in [0.29, 0.717) is 23.1 Å². The van der Waals surface area contributed by atoms with Gasteiger partial charge in [0, 0.05) is 0 Å². The molecular weight excluding hydrogens is 362 g/mol. The number of thioether (sulfide) groups is 1. The van der Waals surface area contributed by atoms with E-state index in [9.17, 15) is 14.4 Å². The number of nitrogens with one attached hydrogen (secondary N) is 1. The summed E-state index contributed by atoms with van der Waals surface area (Å²) in [6.45, 7) is 8.21. The molecule has 8 heteroatoms. The summed E-state index contributed by atoms with van der Waals surface area (Å²) < 4.78 is 9.93. The van der Waals surface area contributed by atoms with Crippen LogP contribution in [0, 0.1) is 5.92 Å². The Morgan fingerprint density at radius 1 is 1.16 bits per heavy atom. The first-order chi connectivity index (χ1) is 11.9. The Labute approximate surface area is 156 Å². The zero-order valence-electron chi connectivity index (χ0n) is 15.0. The van der Waals surface area contributed by atoms with Crippen LogP contribution in [-0.2, 0) is 25.5 Å². The zero-order chi connectivity index (χ0) is 18.8. The molecule has 0 spiro atoms. The van der Waals surface area contributed by atoms with Crippen molar-refractivity contribution in [2.75, 3.05) is 30.0 Å². The Kier molecular flexibility index (Phi) is 9.59. The quantitative estimate of drug-likeness (QED) is 0.620. The van der Waals surface area contributed by atoms with Crippen molar-refractivity contribution in [2.24, 2.45) is 5.92 Å². The lowest BCUT2D eigenvalue weighted by Gasteiger charge is -2.09. The third-order valence-corrected chi connectivity index (χ3v) is 4.84. The van der Waals surface area contributed by atoms with E-state index in [1.807, 2.05) is 5.38 Å². The fraction of sp³-hybridized carbons (Fsp3) is 0.588. The van der Waals surface area contributed by atoms with Crippen molar-refractivity contribution in [3.05, 3.63) is 16.5 Å². The number of hydrogen-bond donors (Lipinski definition) is 1. The summed E-state index contributed by atoms with van der Waals surface area (Å²) in [5.74, 6) is -0.422. The number of anilines is 1. The molecule has 1 rings (SSSR count). The van der Waals surface area contributed by atoms with Crippen molar-refractivity contribution in [3.63, 3.8) is 0 Å². The van der Waals surface area contributed by atoms with Crippen molar-refractivity contribution >= 4 is 45.9 Å². The second kappa shape index (κ2) is 11.1. The zero-order valence-corrected chi connectivity index (χ0v) is 16.7. The van der Waals surface area contributed by atoms with E-state index < -0.39 is 5.97 Å². The number of carbonyl (C=O) groups is 3. The normalized spacial score (nSPS) is 10.6. The van der Waals surface area contributed by atoms with Crippen molar-refractivity contribution in [1.82, 2.24) is 0 Å². The third kappa shape index (κ3) is 7.48. The van der Waals surface area contributed by atoms with Gasteiger partial charge in [0.2, 0.25) is 5.91 Å². The standard InChI is InChI=1S/C17H25NO5S2/c1-5-22-14(20)10-24-9-13(19)18-16-15(17(21)23-6-2)12(8-25-16)7-11(3)4/h8,11H,5-7,9-10H2,1-4H3,(H,18,19). The Morgan fingerprint density at radius 3 is 2.44 bits per heavy atom. The van der Waals surface area contributed by atoms with Crippen LogP contribution in [0.3, 0.4) is 0 Å². The number of thiophene rings is 1. The van der Waals surface area contributed by atoms with E-state index in [-0.39, 0.29) is 30.0 Å². The highest BCUT2D eigenvalue weighted by molar-refractivity contribution is 8.00. The van der Waals surface area contributed by atoms with Crippen LogP contribution in [0.25, 0.3) is 0 Å². The van der Waals surface area contributed by atoms with Gasteiger partial charge in [0.05, 0.1) is 30.3 Å². The fourth-order valence-corrected chi connectivity index (χ4v) is 3.68. The molecule has 0 bridgehead atoms. The number of hydrogen-bond acceptors (Lipinski definition) is 7. The average molecular weight is 388 g/mol. The Bertz CT molecular complexity index is 598. The van der Waals surface area contributed by atoms with Gasteiger partial charge in [-0.3, -0.25) is 9.59 Å². The molecule has 25 heavy (non-hydrogen) atoms. The van der Waals surface area contributed by atoms with Crippen LogP contribution in [0.15, 0.2) is 5.38 Å². The van der Waals surface area contributed by atoms with Gasteiger partial charge in [-0.25, -0.2) is 4.79 Å². The van der Waals surface area contributed by atoms with Crippen molar-refractivity contribution in [3.8, 4) is 0 Å². The second-order valence-electron chi connectivity index (χ2n) is 5.63. The molecule has 1 amide bonds. The van der Waals surface area contributed by atoms with Gasteiger partial charge < -0.3 is 14.8 Å². The molecule has 0 unspecified atom stereocenters. The molecule has 0 aliphatic carbocycles. The van der Waals surface area contributed by atoms with E-state index in [2.05, 4.69) is 19.2 Å². The van der Waals surface area contributed by atoms with E-state index in [1.165, 1.54) is 23.1 Å². The molecule has 0 saturated carbocycles. The molecule has 0 aliphatic heterocycles. The Hall–Kier alpha value is -1.54. The Balaban J connectivity index is 2.73. The molecular formula is C17H25NO5S2.